The Balaban J connectivity index is 1.83. The molecule has 1 saturated heterocycles. The van der Waals surface area contributed by atoms with Crippen molar-refractivity contribution >= 4 is 35.0 Å². The molecule has 0 radical (unpaired) electrons. The van der Waals surface area contributed by atoms with Gasteiger partial charge in [-0.15, -0.1) is 11.8 Å². The molecule has 2 aromatic carbocycles. The number of benzene rings is 2. The second kappa shape index (κ2) is 9.77. The summed E-state index contributed by atoms with van der Waals surface area (Å²) < 4.78 is 5.50. The minimum atomic E-state index is -0.229. The molecule has 2 unspecified atom stereocenters. The lowest BCUT2D eigenvalue weighted by molar-refractivity contribution is -0.117. The number of hydrogen-bond donors (Lipinski definition) is 1. The lowest BCUT2D eigenvalue weighted by atomic mass is 9.84. The number of carbonyl (C=O) groups excluding carboxylic acids is 2. The van der Waals surface area contributed by atoms with Crippen molar-refractivity contribution in [2.24, 2.45) is 11.3 Å². The molecule has 1 aliphatic heterocycles. The predicted octanol–water partition coefficient (Wildman–Crippen LogP) is 5.87. The van der Waals surface area contributed by atoms with Gasteiger partial charge in [0.15, 0.2) is 0 Å². The number of nitrogens with zero attached hydrogens (tertiary/aromatic N) is 1. The van der Waals surface area contributed by atoms with E-state index in [4.69, 9.17) is 4.74 Å². The Morgan fingerprint density at radius 2 is 1.87 bits per heavy atom. The fourth-order valence-electron chi connectivity index (χ4n) is 4.20. The quantitative estimate of drug-likeness (QED) is 0.584. The van der Waals surface area contributed by atoms with Crippen LogP contribution >= 0.6 is 11.8 Å². The van der Waals surface area contributed by atoms with Gasteiger partial charge in [0, 0.05) is 17.7 Å². The number of methoxy groups -OCH3 is 1. The van der Waals surface area contributed by atoms with Crippen molar-refractivity contribution in [2.75, 3.05) is 23.1 Å². The van der Waals surface area contributed by atoms with Crippen LogP contribution in [0.1, 0.15) is 51.5 Å². The van der Waals surface area contributed by atoms with E-state index in [0.29, 0.717) is 23.8 Å². The van der Waals surface area contributed by atoms with Crippen LogP contribution in [0.15, 0.2) is 48.5 Å². The third kappa shape index (κ3) is 5.82. The van der Waals surface area contributed by atoms with E-state index in [1.807, 2.05) is 48.5 Å². The van der Waals surface area contributed by atoms with Crippen molar-refractivity contribution in [1.29, 1.82) is 0 Å². The number of anilines is 2. The highest BCUT2D eigenvalue weighted by atomic mass is 32.2. The van der Waals surface area contributed by atoms with Crippen LogP contribution in [0.25, 0.3) is 0 Å². The minimum absolute atomic E-state index is 0.00219. The Bertz CT molecular complexity index is 938. The number of para-hydroxylation sites is 3. The van der Waals surface area contributed by atoms with E-state index in [1.165, 1.54) is 0 Å². The van der Waals surface area contributed by atoms with Gasteiger partial charge >= 0.3 is 0 Å². The Kier molecular flexibility index (Phi) is 7.31. The first-order valence-corrected chi connectivity index (χ1v) is 11.7. The summed E-state index contributed by atoms with van der Waals surface area (Å²) in [5, 5.41) is 2.87. The molecule has 0 saturated carbocycles. The fraction of sp³-hybridized carbons (Fsp3) is 0.440. The highest BCUT2D eigenvalue weighted by molar-refractivity contribution is 8.00. The number of hydrogen-bond acceptors (Lipinski definition) is 4. The van der Waals surface area contributed by atoms with E-state index >= 15 is 0 Å². The smallest absolute Gasteiger partial charge is 0.238 e. The molecule has 166 valence electrons. The molecule has 2 amide bonds. The first-order valence-electron chi connectivity index (χ1n) is 10.6. The number of ether oxygens (including phenoxy) is 1. The summed E-state index contributed by atoms with van der Waals surface area (Å²) in [7, 11) is 1.61. The molecule has 6 heteroatoms. The zero-order chi connectivity index (χ0) is 22.6. The zero-order valence-corrected chi connectivity index (χ0v) is 19.8. The van der Waals surface area contributed by atoms with Crippen LogP contribution in [-0.2, 0) is 9.59 Å². The summed E-state index contributed by atoms with van der Waals surface area (Å²) >= 11 is 1.56. The first-order chi connectivity index (χ1) is 14.7. The SMILES string of the molecule is COc1ccccc1N1C(=O)CSC1c1ccccc1NC(=O)CC(C)CC(C)(C)C. The molecule has 5 nitrogen and oxygen atoms in total. The number of nitrogens with one attached hydrogen (secondary N) is 1. The molecular weight excluding hydrogens is 408 g/mol. The Morgan fingerprint density at radius 1 is 1.19 bits per heavy atom. The molecule has 1 N–H and O–H groups in total. The first kappa shape index (κ1) is 23.2. The van der Waals surface area contributed by atoms with Crippen molar-refractivity contribution in [3.8, 4) is 5.75 Å². The van der Waals surface area contributed by atoms with E-state index in [-0.39, 0.29) is 22.6 Å². The highest BCUT2D eigenvalue weighted by Crippen LogP contribution is 2.46. The molecule has 3 rings (SSSR count). The van der Waals surface area contributed by atoms with Crippen LogP contribution in [-0.4, -0.2) is 24.7 Å². The van der Waals surface area contributed by atoms with Crippen LogP contribution in [0.2, 0.25) is 0 Å². The zero-order valence-electron chi connectivity index (χ0n) is 19.0. The Labute approximate surface area is 189 Å². The summed E-state index contributed by atoms with van der Waals surface area (Å²) in [6, 6.07) is 15.3. The van der Waals surface area contributed by atoms with Crippen LogP contribution < -0.4 is 15.0 Å². The van der Waals surface area contributed by atoms with Gasteiger partial charge in [-0.2, -0.15) is 0 Å². The predicted molar refractivity (Wildman–Crippen MR) is 129 cm³/mol. The second-order valence-electron chi connectivity index (χ2n) is 9.31. The van der Waals surface area contributed by atoms with E-state index in [2.05, 4.69) is 33.0 Å². The van der Waals surface area contributed by atoms with Crippen molar-refractivity contribution in [1.82, 2.24) is 0 Å². The number of amides is 2. The van der Waals surface area contributed by atoms with E-state index in [0.717, 1.165) is 23.4 Å². The number of rotatable bonds is 7. The third-order valence-corrected chi connectivity index (χ3v) is 6.40. The summed E-state index contributed by atoms with van der Waals surface area (Å²) in [6.07, 6.45) is 1.45. The van der Waals surface area contributed by atoms with Gasteiger partial charge in [-0.3, -0.25) is 14.5 Å². The van der Waals surface area contributed by atoms with Crippen molar-refractivity contribution in [2.45, 2.75) is 45.9 Å². The summed E-state index contributed by atoms with van der Waals surface area (Å²) in [5.74, 6) is 1.36. The van der Waals surface area contributed by atoms with Gasteiger partial charge < -0.3 is 10.1 Å². The van der Waals surface area contributed by atoms with Crippen molar-refractivity contribution in [3.63, 3.8) is 0 Å². The van der Waals surface area contributed by atoms with E-state index in [9.17, 15) is 9.59 Å². The highest BCUT2D eigenvalue weighted by Gasteiger charge is 2.36. The Hall–Kier alpha value is -2.47. The second-order valence-corrected chi connectivity index (χ2v) is 10.4. The van der Waals surface area contributed by atoms with Gasteiger partial charge in [-0.25, -0.2) is 0 Å². The molecule has 0 spiro atoms. The average Bonchev–Trinajstić information content (AvgIpc) is 3.07. The van der Waals surface area contributed by atoms with Gasteiger partial charge in [0.2, 0.25) is 11.8 Å². The lowest BCUT2D eigenvalue weighted by Gasteiger charge is -2.27. The normalized spacial score (nSPS) is 17.5. The van der Waals surface area contributed by atoms with Gasteiger partial charge in [-0.05, 0) is 36.0 Å². The fourth-order valence-corrected chi connectivity index (χ4v) is 5.41. The van der Waals surface area contributed by atoms with Crippen LogP contribution in [0.4, 0.5) is 11.4 Å². The molecule has 31 heavy (non-hydrogen) atoms. The van der Waals surface area contributed by atoms with Crippen LogP contribution in [0, 0.1) is 11.3 Å². The van der Waals surface area contributed by atoms with Gasteiger partial charge in [-0.1, -0.05) is 58.0 Å². The monoisotopic (exact) mass is 440 g/mol. The Morgan fingerprint density at radius 3 is 2.58 bits per heavy atom. The summed E-state index contributed by atoms with van der Waals surface area (Å²) in [6.45, 7) is 8.69. The van der Waals surface area contributed by atoms with Crippen LogP contribution in [0.5, 0.6) is 5.75 Å². The molecule has 1 fully saturated rings. The molecular formula is C25H32N2O3S. The number of carbonyl (C=O) groups is 2. The maximum Gasteiger partial charge on any atom is 0.238 e. The summed E-state index contributed by atoms with van der Waals surface area (Å²) in [4.78, 5) is 27.3. The largest absolute Gasteiger partial charge is 0.495 e. The standard InChI is InChI=1S/C25H32N2O3S/c1-17(15-25(2,3)4)14-22(28)26-19-11-7-6-10-18(19)24-27(23(29)16-31-24)20-12-8-9-13-21(20)30-5/h6-13,17,24H,14-16H2,1-5H3,(H,26,28). The van der Waals surface area contributed by atoms with Gasteiger partial charge in [0.25, 0.3) is 0 Å². The molecule has 1 heterocycles. The maximum atomic E-state index is 12.8. The van der Waals surface area contributed by atoms with Crippen molar-refractivity contribution in [3.05, 3.63) is 54.1 Å². The topological polar surface area (TPSA) is 58.6 Å². The maximum absolute atomic E-state index is 12.8. The molecule has 2 aromatic rings. The molecule has 2 atom stereocenters. The van der Waals surface area contributed by atoms with Crippen molar-refractivity contribution < 1.29 is 14.3 Å². The third-order valence-electron chi connectivity index (χ3n) is 5.21. The molecule has 0 aromatic heterocycles. The summed E-state index contributed by atoms with van der Waals surface area (Å²) in [5.41, 5.74) is 2.60. The molecule has 0 bridgehead atoms. The van der Waals surface area contributed by atoms with E-state index < -0.39 is 0 Å². The average molecular weight is 441 g/mol. The lowest BCUT2D eigenvalue weighted by Crippen LogP contribution is -2.29. The van der Waals surface area contributed by atoms with Crippen LogP contribution in [0.3, 0.4) is 0 Å². The van der Waals surface area contributed by atoms with Gasteiger partial charge in [0.05, 0.1) is 18.6 Å². The minimum Gasteiger partial charge on any atom is -0.495 e. The number of thioether (sulfide) groups is 1. The van der Waals surface area contributed by atoms with Gasteiger partial charge in [0.1, 0.15) is 11.1 Å². The molecule has 0 aliphatic carbocycles. The van der Waals surface area contributed by atoms with E-state index in [1.54, 1.807) is 23.8 Å². The molecule has 1 aliphatic rings.